The standard InChI is InChI=1S/C7H7N3O2/c8-6-5-2-1-4(3-11)9-7(5)12-10-6/h1-2,11H,3H2,(H2,8,10). The largest absolute Gasteiger partial charge is 0.390 e. The van der Waals surface area contributed by atoms with Gasteiger partial charge in [0.15, 0.2) is 5.82 Å². The molecular weight excluding hydrogens is 158 g/mol. The summed E-state index contributed by atoms with van der Waals surface area (Å²) in [6.45, 7) is -0.115. The van der Waals surface area contributed by atoms with Crippen molar-refractivity contribution >= 4 is 16.9 Å². The number of nitrogens with zero attached hydrogens (tertiary/aromatic N) is 2. The molecule has 0 bridgehead atoms. The van der Waals surface area contributed by atoms with Crippen molar-refractivity contribution in [1.29, 1.82) is 0 Å². The number of aliphatic hydroxyl groups is 1. The highest BCUT2D eigenvalue weighted by atomic mass is 16.5. The van der Waals surface area contributed by atoms with Gasteiger partial charge in [-0.05, 0) is 12.1 Å². The maximum absolute atomic E-state index is 8.75. The first-order valence-electron chi connectivity index (χ1n) is 3.43. The molecule has 0 aliphatic heterocycles. The SMILES string of the molecule is Nc1noc2nc(CO)ccc12. The van der Waals surface area contributed by atoms with Crippen LogP contribution in [0.5, 0.6) is 0 Å². The highest BCUT2D eigenvalue weighted by Gasteiger charge is 2.05. The summed E-state index contributed by atoms with van der Waals surface area (Å²) in [5, 5.41) is 13.0. The second-order valence-corrected chi connectivity index (χ2v) is 2.38. The first kappa shape index (κ1) is 7.05. The van der Waals surface area contributed by atoms with Gasteiger partial charge >= 0.3 is 0 Å². The van der Waals surface area contributed by atoms with Crippen LogP contribution in [0.15, 0.2) is 16.7 Å². The van der Waals surface area contributed by atoms with Crippen molar-refractivity contribution in [3.8, 4) is 0 Å². The molecule has 2 heterocycles. The van der Waals surface area contributed by atoms with Gasteiger partial charge in [0.2, 0.25) is 0 Å². The molecule has 2 rings (SSSR count). The Balaban J connectivity index is 2.69. The summed E-state index contributed by atoms with van der Waals surface area (Å²) in [5.41, 5.74) is 6.36. The third-order valence-corrected chi connectivity index (χ3v) is 1.59. The molecule has 0 saturated heterocycles. The van der Waals surface area contributed by atoms with Gasteiger partial charge in [-0.15, -0.1) is 0 Å². The molecule has 2 aromatic rings. The molecule has 5 nitrogen and oxygen atoms in total. The number of aliphatic hydroxyl groups excluding tert-OH is 1. The van der Waals surface area contributed by atoms with E-state index in [-0.39, 0.29) is 6.61 Å². The van der Waals surface area contributed by atoms with Crippen LogP contribution >= 0.6 is 0 Å². The average Bonchev–Trinajstić information content (AvgIpc) is 2.47. The molecule has 62 valence electrons. The molecule has 0 amide bonds. The van der Waals surface area contributed by atoms with Gasteiger partial charge < -0.3 is 15.4 Å². The summed E-state index contributed by atoms with van der Waals surface area (Å²) < 4.78 is 4.79. The summed E-state index contributed by atoms with van der Waals surface area (Å²) >= 11 is 0. The number of rotatable bonds is 1. The minimum Gasteiger partial charge on any atom is -0.390 e. The lowest BCUT2D eigenvalue weighted by atomic mass is 10.3. The lowest BCUT2D eigenvalue weighted by Gasteiger charge is -1.91. The Hall–Kier alpha value is -1.62. The maximum atomic E-state index is 8.75. The van der Waals surface area contributed by atoms with E-state index in [9.17, 15) is 0 Å². The van der Waals surface area contributed by atoms with E-state index in [4.69, 9.17) is 15.4 Å². The zero-order valence-electron chi connectivity index (χ0n) is 6.19. The van der Waals surface area contributed by atoms with Crippen molar-refractivity contribution in [1.82, 2.24) is 10.1 Å². The van der Waals surface area contributed by atoms with Crippen molar-refractivity contribution in [3.05, 3.63) is 17.8 Å². The van der Waals surface area contributed by atoms with E-state index in [1.807, 2.05) is 0 Å². The predicted molar refractivity (Wildman–Crippen MR) is 42.1 cm³/mol. The number of hydrogen-bond acceptors (Lipinski definition) is 5. The Bertz CT molecular complexity index is 410. The van der Waals surface area contributed by atoms with Crippen molar-refractivity contribution in [3.63, 3.8) is 0 Å². The molecule has 5 heteroatoms. The monoisotopic (exact) mass is 165 g/mol. The maximum Gasteiger partial charge on any atom is 0.260 e. The van der Waals surface area contributed by atoms with E-state index >= 15 is 0 Å². The molecule has 0 radical (unpaired) electrons. The van der Waals surface area contributed by atoms with Gasteiger partial charge in [-0.3, -0.25) is 0 Å². The second kappa shape index (κ2) is 2.46. The van der Waals surface area contributed by atoms with Gasteiger partial charge in [0, 0.05) is 0 Å². The van der Waals surface area contributed by atoms with Gasteiger partial charge in [0.25, 0.3) is 5.71 Å². The Kier molecular flexibility index (Phi) is 1.44. The van der Waals surface area contributed by atoms with E-state index in [0.717, 1.165) is 0 Å². The molecule has 0 fully saturated rings. The fourth-order valence-electron chi connectivity index (χ4n) is 0.973. The van der Waals surface area contributed by atoms with Crippen LogP contribution in [0.25, 0.3) is 11.1 Å². The summed E-state index contributed by atoms with van der Waals surface area (Å²) in [7, 11) is 0. The number of aromatic nitrogens is 2. The van der Waals surface area contributed by atoms with E-state index in [1.165, 1.54) is 0 Å². The highest BCUT2D eigenvalue weighted by molar-refractivity contribution is 5.83. The summed E-state index contributed by atoms with van der Waals surface area (Å²) in [6.07, 6.45) is 0. The first-order chi connectivity index (χ1) is 5.81. The fraction of sp³-hybridized carbons (Fsp3) is 0.143. The van der Waals surface area contributed by atoms with Crippen LogP contribution in [0.4, 0.5) is 5.82 Å². The van der Waals surface area contributed by atoms with Crippen molar-refractivity contribution < 1.29 is 9.63 Å². The number of fused-ring (bicyclic) bond motifs is 1. The Morgan fingerprint density at radius 1 is 1.50 bits per heavy atom. The van der Waals surface area contributed by atoms with E-state index in [0.29, 0.717) is 22.6 Å². The molecule has 3 N–H and O–H groups in total. The highest BCUT2D eigenvalue weighted by Crippen LogP contribution is 2.17. The van der Waals surface area contributed by atoms with Crippen LogP contribution in [-0.2, 0) is 6.61 Å². The molecule has 2 aromatic heterocycles. The van der Waals surface area contributed by atoms with Crippen LogP contribution in [0.3, 0.4) is 0 Å². The van der Waals surface area contributed by atoms with E-state index < -0.39 is 0 Å². The van der Waals surface area contributed by atoms with Crippen molar-refractivity contribution in [2.75, 3.05) is 5.73 Å². The van der Waals surface area contributed by atoms with Crippen LogP contribution in [0.2, 0.25) is 0 Å². The normalized spacial score (nSPS) is 10.8. The summed E-state index contributed by atoms with van der Waals surface area (Å²) in [5.74, 6) is 0.321. The minimum atomic E-state index is -0.115. The third kappa shape index (κ3) is 0.911. The molecule has 0 spiro atoms. The Morgan fingerprint density at radius 2 is 2.33 bits per heavy atom. The Labute approximate surface area is 67.8 Å². The van der Waals surface area contributed by atoms with Crippen molar-refractivity contribution in [2.45, 2.75) is 6.61 Å². The van der Waals surface area contributed by atoms with Crippen LogP contribution in [0, 0.1) is 0 Å². The predicted octanol–water partition coefficient (Wildman–Crippen LogP) is 0.297. The minimum absolute atomic E-state index is 0.115. The molecule has 0 aromatic carbocycles. The molecule has 0 aliphatic carbocycles. The quantitative estimate of drug-likeness (QED) is 0.634. The zero-order valence-corrected chi connectivity index (χ0v) is 6.19. The molecule has 0 atom stereocenters. The van der Waals surface area contributed by atoms with E-state index in [2.05, 4.69) is 10.1 Å². The van der Waals surface area contributed by atoms with Gasteiger partial charge in [-0.25, -0.2) is 4.98 Å². The number of nitrogens with two attached hydrogens (primary N) is 1. The summed E-state index contributed by atoms with van der Waals surface area (Å²) in [6, 6.07) is 3.40. The molecule has 0 unspecified atom stereocenters. The zero-order chi connectivity index (χ0) is 8.55. The smallest absolute Gasteiger partial charge is 0.260 e. The van der Waals surface area contributed by atoms with Crippen LogP contribution in [-0.4, -0.2) is 15.2 Å². The second-order valence-electron chi connectivity index (χ2n) is 2.38. The van der Waals surface area contributed by atoms with Gasteiger partial charge in [0.05, 0.1) is 17.7 Å². The number of pyridine rings is 1. The fourth-order valence-corrected chi connectivity index (χ4v) is 0.973. The molecular formula is C7H7N3O2. The number of nitrogen functional groups attached to an aromatic ring is 1. The third-order valence-electron chi connectivity index (χ3n) is 1.59. The first-order valence-corrected chi connectivity index (χ1v) is 3.43. The molecule has 12 heavy (non-hydrogen) atoms. The van der Waals surface area contributed by atoms with E-state index in [1.54, 1.807) is 12.1 Å². The van der Waals surface area contributed by atoms with Gasteiger partial charge in [-0.2, -0.15) is 0 Å². The topological polar surface area (TPSA) is 85.2 Å². The summed E-state index contributed by atoms with van der Waals surface area (Å²) in [4.78, 5) is 3.96. The lowest BCUT2D eigenvalue weighted by molar-refractivity contribution is 0.276. The van der Waals surface area contributed by atoms with Crippen molar-refractivity contribution in [2.24, 2.45) is 0 Å². The molecule has 0 aliphatic rings. The average molecular weight is 165 g/mol. The van der Waals surface area contributed by atoms with Gasteiger partial charge in [0.1, 0.15) is 0 Å². The van der Waals surface area contributed by atoms with Crippen LogP contribution < -0.4 is 5.73 Å². The Morgan fingerprint density at radius 3 is 3.08 bits per heavy atom. The lowest BCUT2D eigenvalue weighted by Crippen LogP contribution is -1.88. The molecule has 0 saturated carbocycles. The number of anilines is 1. The van der Waals surface area contributed by atoms with Gasteiger partial charge in [-0.1, -0.05) is 5.16 Å². The number of hydrogen-bond donors (Lipinski definition) is 2. The van der Waals surface area contributed by atoms with Crippen LogP contribution in [0.1, 0.15) is 5.69 Å².